The zero-order valence-corrected chi connectivity index (χ0v) is 9.04. The number of hydrogen-bond donors (Lipinski definition) is 0. The van der Waals surface area contributed by atoms with E-state index in [0.29, 0.717) is 6.42 Å². The summed E-state index contributed by atoms with van der Waals surface area (Å²) in [4.78, 5) is 11.3. The second-order valence-electron chi connectivity index (χ2n) is 2.96. The molecule has 1 atom stereocenters. The molecule has 0 aliphatic carbocycles. The Morgan fingerprint density at radius 2 is 2.29 bits per heavy atom. The molecule has 0 aromatic heterocycles. The third kappa shape index (κ3) is 2.48. The van der Waals surface area contributed by atoms with Crippen LogP contribution in [0.2, 0.25) is 0 Å². The van der Waals surface area contributed by atoms with E-state index < -0.39 is 5.38 Å². The van der Waals surface area contributed by atoms with Gasteiger partial charge in [0.05, 0.1) is 7.11 Å². The molecular weight excluding hydrogens is 200 g/mol. The van der Waals surface area contributed by atoms with Crippen LogP contribution >= 0.6 is 11.6 Å². The highest BCUT2D eigenvalue weighted by molar-refractivity contribution is 6.31. The number of Topliss-reactive ketones (excluding diaryl/α,β-unsaturated/α-hetero) is 1. The minimum atomic E-state index is -0.560. The van der Waals surface area contributed by atoms with Gasteiger partial charge in [-0.05, 0) is 17.7 Å². The molecule has 0 bridgehead atoms. The van der Waals surface area contributed by atoms with Crippen LogP contribution in [0.4, 0.5) is 0 Å². The minimum Gasteiger partial charge on any atom is -0.497 e. The van der Waals surface area contributed by atoms with Crippen LogP contribution in [0.15, 0.2) is 24.3 Å². The highest BCUT2D eigenvalue weighted by atomic mass is 35.5. The van der Waals surface area contributed by atoms with Crippen molar-refractivity contribution in [1.29, 1.82) is 0 Å². The predicted molar refractivity (Wildman–Crippen MR) is 56.9 cm³/mol. The van der Waals surface area contributed by atoms with E-state index in [9.17, 15) is 4.79 Å². The fourth-order valence-corrected chi connectivity index (χ4v) is 1.45. The molecule has 1 aromatic carbocycles. The lowest BCUT2D eigenvalue weighted by Gasteiger charge is -2.08. The van der Waals surface area contributed by atoms with Gasteiger partial charge < -0.3 is 4.74 Å². The monoisotopic (exact) mass is 212 g/mol. The molecule has 0 N–H and O–H groups in total. The van der Waals surface area contributed by atoms with E-state index in [-0.39, 0.29) is 5.78 Å². The topological polar surface area (TPSA) is 26.3 Å². The molecule has 0 radical (unpaired) electrons. The standard InChI is InChI=1S/C11H13ClO2/c1-3-10(13)11(12)8-5-4-6-9(7-8)14-2/h4-7,11H,3H2,1-2H3. The van der Waals surface area contributed by atoms with Gasteiger partial charge in [-0.2, -0.15) is 0 Å². The molecule has 0 amide bonds. The fraction of sp³-hybridized carbons (Fsp3) is 0.364. The van der Waals surface area contributed by atoms with E-state index in [0.717, 1.165) is 11.3 Å². The van der Waals surface area contributed by atoms with E-state index in [2.05, 4.69) is 0 Å². The number of carbonyl (C=O) groups excluding carboxylic acids is 1. The summed E-state index contributed by atoms with van der Waals surface area (Å²) < 4.78 is 5.05. The number of benzene rings is 1. The van der Waals surface area contributed by atoms with Gasteiger partial charge in [-0.3, -0.25) is 4.79 Å². The molecule has 0 fully saturated rings. The van der Waals surface area contributed by atoms with Crippen molar-refractivity contribution in [3.63, 3.8) is 0 Å². The number of halogens is 1. The Bertz CT molecular complexity index is 323. The van der Waals surface area contributed by atoms with Crippen LogP contribution < -0.4 is 4.74 Å². The molecule has 3 heteroatoms. The highest BCUT2D eigenvalue weighted by Crippen LogP contribution is 2.25. The first-order chi connectivity index (χ1) is 6.69. The van der Waals surface area contributed by atoms with Crippen LogP contribution in [-0.4, -0.2) is 12.9 Å². The van der Waals surface area contributed by atoms with E-state index in [4.69, 9.17) is 16.3 Å². The summed E-state index contributed by atoms with van der Waals surface area (Å²) in [6, 6.07) is 7.26. The molecule has 1 aromatic rings. The number of rotatable bonds is 4. The van der Waals surface area contributed by atoms with E-state index >= 15 is 0 Å². The molecule has 0 saturated heterocycles. The number of ketones is 1. The molecular formula is C11H13ClO2. The summed E-state index contributed by atoms with van der Waals surface area (Å²) in [5.74, 6) is 0.747. The maximum atomic E-state index is 11.3. The van der Waals surface area contributed by atoms with Crippen LogP contribution in [0, 0.1) is 0 Å². The average molecular weight is 213 g/mol. The van der Waals surface area contributed by atoms with E-state index in [1.54, 1.807) is 20.1 Å². The van der Waals surface area contributed by atoms with Gasteiger partial charge >= 0.3 is 0 Å². The van der Waals surface area contributed by atoms with Gasteiger partial charge in [0.1, 0.15) is 11.1 Å². The first-order valence-corrected chi connectivity index (χ1v) is 4.93. The largest absolute Gasteiger partial charge is 0.497 e. The second-order valence-corrected chi connectivity index (χ2v) is 3.40. The van der Waals surface area contributed by atoms with Crippen LogP contribution in [0.3, 0.4) is 0 Å². The van der Waals surface area contributed by atoms with Crippen molar-refractivity contribution >= 4 is 17.4 Å². The summed E-state index contributed by atoms with van der Waals surface area (Å²) in [7, 11) is 1.59. The Balaban J connectivity index is 2.89. The van der Waals surface area contributed by atoms with Crippen molar-refractivity contribution in [2.75, 3.05) is 7.11 Å². The molecule has 0 heterocycles. The van der Waals surface area contributed by atoms with Crippen molar-refractivity contribution in [3.05, 3.63) is 29.8 Å². The molecule has 2 nitrogen and oxygen atoms in total. The van der Waals surface area contributed by atoms with Crippen LogP contribution in [0.1, 0.15) is 24.3 Å². The summed E-state index contributed by atoms with van der Waals surface area (Å²) in [6.07, 6.45) is 0.450. The molecule has 1 unspecified atom stereocenters. The minimum absolute atomic E-state index is 0.0277. The van der Waals surface area contributed by atoms with Crippen LogP contribution in [-0.2, 0) is 4.79 Å². The highest BCUT2D eigenvalue weighted by Gasteiger charge is 2.15. The summed E-state index contributed by atoms with van der Waals surface area (Å²) in [5.41, 5.74) is 0.790. The Morgan fingerprint density at radius 1 is 1.57 bits per heavy atom. The molecule has 0 spiro atoms. The number of methoxy groups -OCH3 is 1. The van der Waals surface area contributed by atoms with Gasteiger partial charge in [-0.15, -0.1) is 11.6 Å². The Morgan fingerprint density at radius 3 is 2.86 bits per heavy atom. The lowest BCUT2D eigenvalue weighted by molar-refractivity contribution is -0.118. The first-order valence-electron chi connectivity index (χ1n) is 4.49. The van der Waals surface area contributed by atoms with Gasteiger partial charge in [-0.25, -0.2) is 0 Å². The molecule has 14 heavy (non-hydrogen) atoms. The van der Waals surface area contributed by atoms with E-state index in [1.807, 2.05) is 18.2 Å². The van der Waals surface area contributed by atoms with Crippen LogP contribution in [0.5, 0.6) is 5.75 Å². The summed E-state index contributed by atoms with van der Waals surface area (Å²) in [5, 5.41) is -0.560. The number of carbonyl (C=O) groups is 1. The number of alkyl halides is 1. The van der Waals surface area contributed by atoms with Gasteiger partial charge in [0.15, 0.2) is 5.78 Å². The predicted octanol–water partition coefficient (Wildman–Crippen LogP) is 2.95. The summed E-state index contributed by atoms with van der Waals surface area (Å²) >= 11 is 5.98. The average Bonchev–Trinajstić information content (AvgIpc) is 2.27. The third-order valence-electron chi connectivity index (χ3n) is 2.02. The number of ether oxygens (including phenoxy) is 1. The quantitative estimate of drug-likeness (QED) is 0.718. The van der Waals surface area contributed by atoms with Crippen molar-refractivity contribution < 1.29 is 9.53 Å². The Labute approximate surface area is 88.8 Å². The zero-order valence-electron chi connectivity index (χ0n) is 8.29. The normalized spacial score (nSPS) is 12.2. The fourth-order valence-electron chi connectivity index (χ4n) is 1.16. The lowest BCUT2D eigenvalue weighted by atomic mass is 10.1. The molecule has 76 valence electrons. The van der Waals surface area contributed by atoms with Gasteiger partial charge in [-0.1, -0.05) is 19.1 Å². The van der Waals surface area contributed by atoms with Crippen molar-refractivity contribution in [2.24, 2.45) is 0 Å². The molecule has 0 aliphatic rings. The van der Waals surface area contributed by atoms with Crippen molar-refractivity contribution in [3.8, 4) is 5.75 Å². The smallest absolute Gasteiger partial charge is 0.154 e. The Kier molecular flexibility index (Phi) is 3.96. The number of hydrogen-bond acceptors (Lipinski definition) is 2. The maximum Gasteiger partial charge on any atom is 0.154 e. The van der Waals surface area contributed by atoms with Crippen LogP contribution in [0.25, 0.3) is 0 Å². The summed E-state index contributed by atoms with van der Waals surface area (Å²) in [6.45, 7) is 1.80. The zero-order chi connectivity index (χ0) is 10.6. The third-order valence-corrected chi connectivity index (χ3v) is 2.51. The van der Waals surface area contributed by atoms with Crippen molar-refractivity contribution in [1.82, 2.24) is 0 Å². The van der Waals surface area contributed by atoms with Gasteiger partial charge in [0, 0.05) is 6.42 Å². The maximum absolute atomic E-state index is 11.3. The molecule has 1 rings (SSSR count). The van der Waals surface area contributed by atoms with Crippen molar-refractivity contribution in [2.45, 2.75) is 18.7 Å². The van der Waals surface area contributed by atoms with E-state index in [1.165, 1.54) is 0 Å². The van der Waals surface area contributed by atoms with Gasteiger partial charge in [0.25, 0.3) is 0 Å². The molecule has 0 saturated carbocycles. The first kappa shape index (κ1) is 11.1. The second kappa shape index (κ2) is 5.01. The lowest BCUT2D eigenvalue weighted by Crippen LogP contribution is -2.04. The Hall–Kier alpha value is -1.02. The molecule has 0 aliphatic heterocycles. The van der Waals surface area contributed by atoms with Gasteiger partial charge in [0.2, 0.25) is 0 Å². The SMILES string of the molecule is CCC(=O)C(Cl)c1cccc(OC)c1.